The number of nitrogens with one attached hydrogen (secondary N) is 1. The molecule has 0 unspecified atom stereocenters. The maximum atomic E-state index is 12.2. The Bertz CT molecular complexity index is 682. The molecule has 96 valence electrons. The number of nitrogens with two attached hydrogens (primary N) is 1. The van der Waals surface area contributed by atoms with Gasteiger partial charge in [-0.2, -0.15) is 5.26 Å². The molecule has 0 atom stereocenters. The molecule has 1 heterocycles. The summed E-state index contributed by atoms with van der Waals surface area (Å²) in [4.78, 5) is 12.2. The second-order valence-electron chi connectivity index (χ2n) is 4.25. The molecule has 0 aliphatic heterocycles. The molecule has 0 saturated heterocycles. The number of hydrogen-bond donors (Lipinski definition) is 2. The van der Waals surface area contributed by atoms with Crippen LogP contribution < -0.4 is 11.1 Å². The first-order valence-corrected chi connectivity index (χ1v) is 6.56. The van der Waals surface area contributed by atoms with Gasteiger partial charge in [0, 0.05) is 11.3 Å². The SMILES string of the molecule is Cc1cc(C)c(C(=O)Nc2sccc2C#N)cc1N. The molecule has 0 bridgehead atoms. The van der Waals surface area contributed by atoms with Gasteiger partial charge in [0.1, 0.15) is 11.1 Å². The van der Waals surface area contributed by atoms with Crippen LogP contribution in [0.4, 0.5) is 10.7 Å². The van der Waals surface area contributed by atoms with Gasteiger partial charge in [-0.3, -0.25) is 4.79 Å². The normalized spacial score (nSPS) is 9.95. The minimum Gasteiger partial charge on any atom is -0.398 e. The summed E-state index contributed by atoms with van der Waals surface area (Å²) in [6, 6.07) is 7.26. The van der Waals surface area contributed by atoms with Gasteiger partial charge in [0.25, 0.3) is 5.91 Å². The molecule has 2 aromatic rings. The van der Waals surface area contributed by atoms with Crippen LogP contribution in [0.2, 0.25) is 0 Å². The lowest BCUT2D eigenvalue weighted by molar-refractivity contribution is 0.102. The molecule has 2 rings (SSSR count). The minimum absolute atomic E-state index is 0.247. The summed E-state index contributed by atoms with van der Waals surface area (Å²) in [5, 5.41) is 14.0. The third-order valence-electron chi connectivity index (χ3n) is 2.87. The van der Waals surface area contributed by atoms with E-state index in [9.17, 15) is 4.79 Å². The number of nitriles is 1. The van der Waals surface area contributed by atoms with E-state index < -0.39 is 0 Å². The van der Waals surface area contributed by atoms with Gasteiger partial charge >= 0.3 is 0 Å². The van der Waals surface area contributed by atoms with E-state index in [0.717, 1.165) is 11.1 Å². The summed E-state index contributed by atoms with van der Waals surface area (Å²) >= 11 is 1.32. The summed E-state index contributed by atoms with van der Waals surface area (Å²) in [6.45, 7) is 3.76. The van der Waals surface area contributed by atoms with Crippen molar-refractivity contribution in [2.24, 2.45) is 0 Å². The molecule has 5 heteroatoms. The van der Waals surface area contributed by atoms with E-state index in [1.807, 2.05) is 26.0 Å². The monoisotopic (exact) mass is 271 g/mol. The average molecular weight is 271 g/mol. The smallest absolute Gasteiger partial charge is 0.256 e. The van der Waals surface area contributed by atoms with Crippen molar-refractivity contribution in [2.75, 3.05) is 11.1 Å². The second kappa shape index (κ2) is 5.12. The van der Waals surface area contributed by atoms with E-state index in [2.05, 4.69) is 5.32 Å². The molecule has 0 fully saturated rings. The van der Waals surface area contributed by atoms with Crippen LogP contribution in [0.25, 0.3) is 0 Å². The highest BCUT2D eigenvalue weighted by atomic mass is 32.1. The minimum atomic E-state index is -0.247. The molecule has 3 N–H and O–H groups in total. The van der Waals surface area contributed by atoms with Gasteiger partial charge in [0.2, 0.25) is 0 Å². The van der Waals surface area contributed by atoms with E-state index in [1.54, 1.807) is 17.5 Å². The van der Waals surface area contributed by atoms with Crippen LogP contribution in [0.3, 0.4) is 0 Å². The Balaban J connectivity index is 2.31. The van der Waals surface area contributed by atoms with Gasteiger partial charge < -0.3 is 11.1 Å². The number of aryl methyl sites for hydroxylation is 2. The summed E-state index contributed by atoms with van der Waals surface area (Å²) in [7, 11) is 0. The molecule has 0 radical (unpaired) electrons. The largest absolute Gasteiger partial charge is 0.398 e. The average Bonchev–Trinajstić information content (AvgIpc) is 2.80. The summed E-state index contributed by atoms with van der Waals surface area (Å²) in [5.74, 6) is -0.247. The van der Waals surface area contributed by atoms with Crippen molar-refractivity contribution < 1.29 is 4.79 Å². The number of hydrogen-bond acceptors (Lipinski definition) is 4. The molecule has 0 aliphatic carbocycles. The van der Waals surface area contributed by atoms with Crippen molar-refractivity contribution in [2.45, 2.75) is 13.8 Å². The first-order chi connectivity index (χ1) is 9.02. The van der Waals surface area contributed by atoms with Gasteiger partial charge in [-0.05, 0) is 42.5 Å². The van der Waals surface area contributed by atoms with Gasteiger partial charge in [-0.15, -0.1) is 11.3 Å². The van der Waals surface area contributed by atoms with E-state index in [0.29, 0.717) is 21.8 Å². The van der Waals surface area contributed by atoms with Crippen LogP contribution in [0.1, 0.15) is 27.0 Å². The standard InChI is InChI=1S/C14H13N3OS/c1-8-5-9(2)12(16)6-11(8)13(18)17-14-10(7-15)3-4-19-14/h3-6H,16H2,1-2H3,(H,17,18). The molecule has 1 aromatic heterocycles. The fraction of sp³-hybridized carbons (Fsp3) is 0.143. The number of nitrogen functional groups attached to an aromatic ring is 1. The number of benzene rings is 1. The van der Waals surface area contributed by atoms with Gasteiger partial charge in [0.05, 0.1) is 5.56 Å². The van der Waals surface area contributed by atoms with Gasteiger partial charge in [0.15, 0.2) is 0 Å². The number of rotatable bonds is 2. The molecule has 4 nitrogen and oxygen atoms in total. The fourth-order valence-corrected chi connectivity index (χ4v) is 2.51. The molecular formula is C14H13N3OS. The Hall–Kier alpha value is -2.32. The predicted octanol–water partition coefficient (Wildman–Crippen LogP) is 3.07. The van der Waals surface area contributed by atoms with Crippen LogP contribution in [0.5, 0.6) is 0 Å². The van der Waals surface area contributed by atoms with Crippen molar-refractivity contribution in [3.05, 3.63) is 45.8 Å². The Labute approximate surface area is 115 Å². The van der Waals surface area contributed by atoms with Crippen molar-refractivity contribution >= 4 is 27.9 Å². The highest BCUT2D eigenvalue weighted by Gasteiger charge is 2.13. The van der Waals surface area contributed by atoms with Crippen molar-refractivity contribution in [3.8, 4) is 6.07 Å². The van der Waals surface area contributed by atoms with Crippen molar-refractivity contribution in [1.82, 2.24) is 0 Å². The summed E-state index contributed by atoms with van der Waals surface area (Å²) in [5.41, 5.74) is 9.22. The van der Waals surface area contributed by atoms with Gasteiger partial charge in [-0.25, -0.2) is 0 Å². The Morgan fingerprint density at radius 2 is 2.11 bits per heavy atom. The highest BCUT2D eigenvalue weighted by Crippen LogP contribution is 2.24. The highest BCUT2D eigenvalue weighted by molar-refractivity contribution is 7.14. The lowest BCUT2D eigenvalue weighted by atomic mass is 10.0. The first-order valence-electron chi connectivity index (χ1n) is 5.68. The third-order valence-corrected chi connectivity index (χ3v) is 3.70. The topological polar surface area (TPSA) is 78.9 Å². The third kappa shape index (κ3) is 2.59. The predicted molar refractivity (Wildman–Crippen MR) is 77.3 cm³/mol. The number of anilines is 2. The van der Waals surface area contributed by atoms with Crippen LogP contribution in [0.15, 0.2) is 23.6 Å². The van der Waals surface area contributed by atoms with Crippen LogP contribution in [-0.2, 0) is 0 Å². The molecule has 0 spiro atoms. The molecule has 1 aromatic carbocycles. The first kappa shape index (κ1) is 13.1. The number of carbonyl (C=O) groups is 1. The van der Waals surface area contributed by atoms with Crippen LogP contribution >= 0.6 is 11.3 Å². The Morgan fingerprint density at radius 1 is 1.37 bits per heavy atom. The quantitative estimate of drug-likeness (QED) is 0.824. The lowest BCUT2D eigenvalue weighted by Crippen LogP contribution is -2.14. The lowest BCUT2D eigenvalue weighted by Gasteiger charge is -2.09. The maximum absolute atomic E-state index is 12.2. The molecule has 0 aliphatic rings. The fourth-order valence-electron chi connectivity index (χ4n) is 1.78. The maximum Gasteiger partial charge on any atom is 0.256 e. The number of nitrogens with zero attached hydrogens (tertiary/aromatic N) is 1. The molecule has 0 saturated carbocycles. The Morgan fingerprint density at radius 3 is 2.79 bits per heavy atom. The molecule has 1 amide bonds. The van der Waals surface area contributed by atoms with Crippen molar-refractivity contribution in [3.63, 3.8) is 0 Å². The second-order valence-corrected chi connectivity index (χ2v) is 5.17. The summed E-state index contributed by atoms with van der Waals surface area (Å²) in [6.07, 6.45) is 0. The zero-order chi connectivity index (χ0) is 14.0. The number of amides is 1. The zero-order valence-corrected chi connectivity index (χ0v) is 11.5. The van der Waals surface area contributed by atoms with Crippen LogP contribution in [-0.4, -0.2) is 5.91 Å². The van der Waals surface area contributed by atoms with E-state index in [4.69, 9.17) is 11.0 Å². The zero-order valence-electron chi connectivity index (χ0n) is 10.7. The van der Waals surface area contributed by atoms with Crippen LogP contribution in [0, 0.1) is 25.2 Å². The van der Waals surface area contributed by atoms with E-state index >= 15 is 0 Å². The van der Waals surface area contributed by atoms with E-state index in [-0.39, 0.29) is 5.91 Å². The molecule has 19 heavy (non-hydrogen) atoms. The Kier molecular flexibility index (Phi) is 3.54. The summed E-state index contributed by atoms with van der Waals surface area (Å²) < 4.78 is 0. The van der Waals surface area contributed by atoms with E-state index in [1.165, 1.54) is 11.3 Å². The molecular weight excluding hydrogens is 258 g/mol. The number of thiophene rings is 1. The number of carbonyl (C=O) groups excluding carboxylic acids is 1. The van der Waals surface area contributed by atoms with Crippen molar-refractivity contribution in [1.29, 1.82) is 5.26 Å². The van der Waals surface area contributed by atoms with Gasteiger partial charge in [-0.1, -0.05) is 6.07 Å².